The van der Waals surface area contributed by atoms with Crippen molar-refractivity contribution in [2.75, 3.05) is 6.54 Å². The molecule has 3 nitrogen and oxygen atoms in total. The summed E-state index contributed by atoms with van der Waals surface area (Å²) in [5.74, 6) is 0. The van der Waals surface area contributed by atoms with Gasteiger partial charge in [0.25, 0.3) is 0 Å². The average molecular weight is 350 g/mol. The maximum Gasteiger partial charge on any atom is 0.243 e. The highest BCUT2D eigenvalue weighted by molar-refractivity contribution is 7.89. The zero-order valence-electron chi connectivity index (χ0n) is 13.1. The highest BCUT2D eigenvalue weighted by Gasteiger charge is 2.36. The van der Waals surface area contributed by atoms with Gasteiger partial charge in [-0.2, -0.15) is 4.31 Å². The van der Waals surface area contributed by atoms with E-state index in [-0.39, 0.29) is 6.04 Å². The van der Waals surface area contributed by atoms with E-state index in [0.717, 1.165) is 30.4 Å². The molecule has 3 rings (SSSR count). The van der Waals surface area contributed by atoms with Gasteiger partial charge in [0.2, 0.25) is 10.0 Å². The Balaban J connectivity index is 1.96. The number of benzene rings is 2. The van der Waals surface area contributed by atoms with Crippen molar-refractivity contribution in [3.63, 3.8) is 0 Å². The van der Waals surface area contributed by atoms with Crippen LogP contribution in [0.15, 0.2) is 53.4 Å². The molecule has 2 aromatic rings. The van der Waals surface area contributed by atoms with Crippen LogP contribution in [-0.2, 0) is 16.4 Å². The molecule has 5 heteroatoms. The fourth-order valence-electron chi connectivity index (χ4n) is 3.12. The van der Waals surface area contributed by atoms with E-state index in [2.05, 4.69) is 6.92 Å². The van der Waals surface area contributed by atoms with E-state index < -0.39 is 10.0 Å². The smallest absolute Gasteiger partial charge is 0.207 e. The molecule has 0 radical (unpaired) electrons. The van der Waals surface area contributed by atoms with Crippen molar-refractivity contribution in [2.24, 2.45) is 0 Å². The second kappa shape index (κ2) is 6.63. The molecule has 0 N–H and O–H groups in total. The molecule has 1 atom stereocenters. The molecule has 0 saturated carbocycles. The van der Waals surface area contributed by atoms with Crippen molar-refractivity contribution in [3.05, 3.63) is 64.7 Å². The first kappa shape index (κ1) is 16.5. The van der Waals surface area contributed by atoms with Crippen LogP contribution in [0.1, 0.15) is 36.9 Å². The molecule has 0 spiro atoms. The van der Waals surface area contributed by atoms with Crippen LogP contribution in [-0.4, -0.2) is 19.3 Å². The van der Waals surface area contributed by atoms with Gasteiger partial charge >= 0.3 is 0 Å². The minimum Gasteiger partial charge on any atom is -0.207 e. The molecule has 23 heavy (non-hydrogen) atoms. The van der Waals surface area contributed by atoms with E-state index >= 15 is 0 Å². The van der Waals surface area contributed by atoms with Gasteiger partial charge in [-0.15, -0.1) is 0 Å². The summed E-state index contributed by atoms with van der Waals surface area (Å²) in [4.78, 5) is 0.355. The van der Waals surface area contributed by atoms with Crippen molar-refractivity contribution < 1.29 is 8.42 Å². The van der Waals surface area contributed by atoms with Crippen molar-refractivity contribution >= 4 is 21.6 Å². The molecule has 0 bridgehead atoms. The molecule has 1 unspecified atom stereocenters. The third kappa shape index (κ3) is 3.16. The fourth-order valence-corrected chi connectivity index (χ4v) is 5.05. The maximum atomic E-state index is 13.0. The summed E-state index contributed by atoms with van der Waals surface area (Å²) in [7, 11) is -3.50. The van der Waals surface area contributed by atoms with Gasteiger partial charge < -0.3 is 0 Å². The Hall–Kier alpha value is -1.36. The standard InChI is InChI=1S/C18H20ClNO2S/c1-2-14-9-11-15(12-10-14)23(21,22)20-13-5-8-18(20)16-6-3-4-7-17(16)19/h3-4,6-7,9-12,18H,2,5,8,13H2,1H3. The van der Waals surface area contributed by atoms with Gasteiger partial charge in [0.15, 0.2) is 0 Å². The van der Waals surface area contributed by atoms with Crippen LogP contribution in [0.4, 0.5) is 0 Å². The lowest BCUT2D eigenvalue weighted by atomic mass is 10.1. The Morgan fingerprint density at radius 3 is 2.48 bits per heavy atom. The number of rotatable bonds is 4. The van der Waals surface area contributed by atoms with E-state index in [1.807, 2.05) is 36.4 Å². The Morgan fingerprint density at radius 2 is 1.83 bits per heavy atom. The summed E-state index contributed by atoms with van der Waals surface area (Å²) in [5.41, 5.74) is 2.02. The number of hydrogen-bond acceptors (Lipinski definition) is 2. The normalized spacial score (nSPS) is 19.1. The van der Waals surface area contributed by atoms with Gasteiger partial charge in [0.05, 0.1) is 10.9 Å². The summed E-state index contributed by atoms with van der Waals surface area (Å²) in [6, 6.07) is 14.5. The van der Waals surface area contributed by atoms with Crippen molar-refractivity contribution in [3.8, 4) is 0 Å². The SMILES string of the molecule is CCc1ccc(S(=O)(=O)N2CCCC2c2ccccc2Cl)cc1. The molecule has 1 saturated heterocycles. The van der Waals surface area contributed by atoms with Gasteiger partial charge in [-0.25, -0.2) is 8.42 Å². The Bertz CT molecular complexity index is 787. The Labute approximate surface area is 142 Å². The summed E-state index contributed by atoms with van der Waals surface area (Å²) < 4.78 is 27.6. The van der Waals surface area contributed by atoms with Crippen LogP contribution in [0.25, 0.3) is 0 Å². The largest absolute Gasteiger partial charge is 0.243 e. The first-order valence-electron chi connectivity index (χ1n) is 7.89. The number of sulfonamides is 1. The molecular formula is C18H20ClNO2S. The molecule has 0 aliphatic carbocycles. The Kier molecular flexibility index (Phi) is 4.76. The maximum absolute atomic E-state index is 13.0. The molecule has 2 aromatic carbocycles. The van der Waals surface area contributed by atoms with Crippen LogP contribution >= 0.6 is 11.6 Å². The third-order valence-electron chi connectivity index (χ3n) is 4.41. The lowest BCUT2D eigenvalue weighted by Crippen LogP contribution is -2.30. The minimum absolute atomic E-state index is 0.181. The summed E-state index contributed by atoms with van der Waals surface area (Å²) in [6.45, 7) is 2.59. The van der Waals surface area contributed by atoms with Crippen LogP contribution < -0.4 is 0 Å². The van der Waals surface area contributed by atoms with Crippen molar-refractivity contribution in [2.45, 2.75) is 37.1 Å². The zero-order valence-corrected chi connectivity index (χ0v) is 14.6. The van der Waals surface area contributed by atoms with Gasteiger partial charge in [-0.3, -0.25) is 0 Å². The number of hydrogen-bond donors (Lipinski definition) is 0. The summed E-state index contributed by atoms with van der Waals surface area (Å²) in [6.07, 6.45) is 2.55. The fraction of sp³-hybridized carbons (Fsp3) is 0.333. The predicted octanol–water partition coefficient (Wildman–Crippen LogP) is 4.43. The highest BCUT2D eigenvalue weighted by Crippen LogP contribution is 2.39. The lowest BCUT2D eigenvalue weighted by molar-refractivity contribution is 0.397. The highest BCUT2D eigenvalue weighted by atomic mass is 35.5. The Morgan fingerprint density at radius 1 is 1.13 bits per heavy atom. The molecule has 1 heterocycles. The van der Waals surface area contributed by atoms with Crippen LogP contribution in [0.3, 0.4) is 0 Å². The topological polar surface area (TPSA) is 37.4 Å². The first-order valence-corrected chi connectivity index (χ1v) is 9.71. The molecule has 0 amide bonds. The van der Waals surface area contributed by atoms with Crippen LogP contribution in [0.5, 0.6) is 0 Å². The van der Waals surface area contributed by atoms with Crippen LogP contribution in [0, 0.1) is 0 Å². The van der Waals surface area contributed by atoms with Gasteiger partial charge in [-0.05, 0) is 48.6 Å². The van der Waals surface area contributed by atoms with E-state index in [4.69, 9.17) is 11.6 Å². The average Bonchev–Trinajstić information content (AvgIpc) is 3.05. The number of aryl methyl sites for hydroxylation is 1. The monoisotopic (exact) mass is 349 g/mol. The molecule has 1 aliphatic rings. The third-order valence-corrected chi connectivity index (χ3v) is 6.67. The zero-order chi connectivity index (χ0) is 16.4. The minimum atomic E-state index is -3.50. The molecular weight excluding hydrogens is 330 g/mol. The molecule has 1 aliphatic heterocycles. The van der Waals surface area contributed by atoms with Gasteiger partial charge in [0, 0.05) is 11.6 Å². The number of halogens is 1. The van der Waals surface area contributed by atoms with Gasteiger partial charge in [-0.1, -0.05) is 48.9 Å². The summed E-state index contributed by atoms with van der Waals surface area (Å²) in [5, 5.41) is 0.626. The predicted molar refractivity (Wildman–Crippen MR) is 93.1 cm³/mol. The van der Waals surface area contributed by atoms with E-state index in [9.17, 15) is 8.42 Å². The van der Waals surface area contributed by atoms with Crippen molar-refractivity contribution in [1.29, 1.82) is 0 Å². The van der Waals surface area contributed by atoms with E-state index in [0.29, 0.717) is 16.5 Å². The van der Waals surface area contributed by atoms with E-state index in [1.165, 1.54) is 0 Å². The first-order chi connectivity index (χ1) is 11.0. The van der Waals surface area contributed by atoms with Gasteiger partial charge in [0.1, 0.15) is 0 Å². The second-order valence-electron chi connectivity index (χ2n) is 5.79. The number of nitrogens with zero attached hydrogens (tertiary/aromatic N) is 1. The summed E-state index contributed by atoms with van der Waals surface area (Å²) >= 11 is 6.28. The molecule has 122 valence electrons. The quantitative estimate of drug-likeness (QED) is 0.818. The lowest BCUT2D eigenvalue weighted by Gasteiger charge is -2.25. The molecule has 1 fully saturated rings. The second-order valence-corrected chi connectivity index (χ2v) is 8.09. The van der Waals surface area contributed by atoms with E-state index in [1.54, 1.807) is 16.4 Å². The molecule has 0 aromatic heterocycles. The van der Waals surface area contributed by atoms with Crippen LogP contribution in [0.2, 0.25) is 5.02 Å². The van der Waals surface area contributed by atoms with Crippen molar-refractivity contribution in [1.82, 2.24) is 4.31 Å².